The Hall–Kier alpha value is -2.59. The maximum absolute atomic E-state index is 11.1. The number of aromatic nitrogens is 2. The van der Waals surface area contributed by atoms with Crippen molar-refractivity contribution in [2.24, 2.45) is 0 Å². The second-order valence-electron chi connectivity index (χ2n) is 4.75. The molecule has 0 aliphatic heterocycles. The number of carbonyl (C=O) groups is 2. The topological polar surface area (TPSA) is 115 Å². The van der Waals surface area contributed by atoms with Crippen molar-refractivity contribution in [3.8, 4) is 0 Å². The summed E-state index contributed by atoms with van der Waals surface area (Å²) in [5, 5.41) is 5.88. The molecule has 0 unspecified atom stereocenters. The van der Waals surface area contributed by atoms with Crippen molar-refractivity contribution in [1.82, 2.24) is 4.98 Å². The Kier molecular flexibility index (Phi) is 15.1. The minimum Gasteiger partial charge on any atom is -0.466 e. The second-order valence-corrected chi connectivity index (χ2v) is 11.8. The lowest BCUT2D eigenvalue weighted by Crippen LogP contribution is -2.28. The first kappa shape index (κ1) is 31.6. The second kappa shape index (κ2) is 15.3. The van der Waals surface area contributed by atoms with Gasteiger partial charge in [0.2, 0.25) is 18.1 Å². The van der Waals surface area contributed by atoms with Crippen LogP contribution in [0.15, 0.2) is 30.7 Å². The molecule has 1 N–H and O–H groups in total. The van der Waals surface area contributed by atoms with Gasteiger partial charge in [0.15, 0.2) is 0 Å². The van der Waals surface area contributed by atoms with E-state index in [-0.39, 0.29) is 35.1 Å². The molecule has 15 heteroatoms. The molecule has 0 aliphatic rings. The predicted octanol–water partition coefficient (Wildman–Crippen LogP) is 6.07. The Bertz CT molecular complexity index is 1070. The van der Waals surface area contributed by atoms with Crippen LogP contribution in [0, 0.1) is 13.1 Å². The molecule has 0 atom stereocenters. The summed E-state index contributed by atoms with van der Waals surface area (Å²) < 4.78 is 19.1. The van der Waals surface area contributed by atoms with Gasteiger partial charge >= 0.3 is 17.1 Å². The predicted molar refractivity (Wildman–Crippen MR) is 120 cm³/mol. The molecule has 0 radical (unpaired) electrons. The number of rotatable bonds is 2. The zero-order chi connectivity index (χ0) is 24.2. The Morgan fingerprint density at radius 3 is 2.00 bits per heavy atom. The average Bonchev–Trinajstić information content (AvgIpc) is 2.71. The highest BCUT2D eigenvalue weighted by atomic mass is 36.0. The van der Waals surface area contributed by atoms with Crippen LogP contribution in [0.2, 0.25) is 5.15 Å². The fourth-order valence-corrected chi connectivity index (χ4v) is 1.79. The Balaban J connectivity index is 0. The SMILES string of the molecule is C.O=P(Cl)(Cl)Cl.[C-]#[N+]c1c[n+](O)ccc1C(=O)OC.[C-]#[N+]c1cnc(Cl)cc1C(=O)OC. The lowest BCUT2D eigenvalue weighted by Gasteiger charge is -2.00. The average molecular weight is 545 g/mol. The van der Waals surface area contributed by atoms with Crippen LogP contribution >= 0.6 is 50.5 Å². The summed E-state index contributed by atoms with van der Waals surface area (Å²) >= 11 is 19.4. The lowest BCUT2D eigenvalue weighted by atomic mass is 10.2. The van der Waals surface area contributed by atoms with E-state index >= 15 is 0 Å². The maximum Gasteiger partial charge on any atom is 0.339 e. The molecule has 2 heterocycles. The molecule has 32 heavy (non-hydrogen) atoms. The van der Waals surface area contributed by atoms with Gasteiger partial charge in [0.25, 0.3) is 5.69 Å². The van der Waals surface area contributed by atoms with Crippen LogP contribution in [0.25, 0.3) is 9.69 Å². The quantitative estimate of drug-likeness (QED) is 0.122. The molecule has 2 aromatic rings. The number of hydrogen-bond donors (Lipinski definition) is 1. The highest BCUT2D eigenvalue weighted by Gasteiger charge is 2.16. The summed E-state index contributed by atoms with van der Waals surface area (Å²) in [6, 6.07) is 2.62. The molecule has 0 spiro atoms. The molecule has 2 rings (SSSR count). The molecule has 2 aromatic heterocycles. The standard InChI is InChI=1S/C8H5ClN2O2.C8H7N2O3.CH4.Cl3OP/c1-10-6-4-11-7(9)3-5(6)8(12)13-2;1-9-7-5-10(12)4-3-6(7)8(11)13-2;;1-5(2,3)4/h3-4H,2H3;3-5,12H,2H3;1H4;/q;+1;;. The summed E-state index contributed by atoms with van der Waals surface area (Å²) in [5.74, 6) is -1.18. The first-order valence-corrected chi connectivity index (χ1v) is 12.2. The maximum atomic E-state index is 11.1. The molecular formula is C17H16Cl4N4O6P+. The van der Waals surface area contributed by atoms with Gasteiger partial charge < -0.3 is 9.47 Å². The third-order valence-corrected chi connectivity index (χ3v) is 3.03. The fraction of sp³-hybridized carbons (Fsp3) is 0.176. The van der Waals surface area contributed by atoms with Crippen LogP contribution in [0.4, 0.5) is 11.4 Å². The Morgan fingerprint density at radius 2 is 1.56 bits per heavy atom. The van der Waals surface area contributed by atoms with Crippen molar-refractivity contribution < 1.29 is 33.6 Å². The number of esters is 2. The Labute approximate surface area is 203 Å². The molecule has 0 bridgehead atoms. The van der Waals surface area contributed by atoms with Crippen molar-refractivity contribution in [2.45, 2.75) is 7.43 Å². The highest BCUT2D eigenvalue weighted by molar-refractivity contribution is 8.24. The van der Waals surface area contributed by atoms with Crippen molar-refractivity contribution in [1.29, 1.82) is 0 Å². The number of halogens is 4. The number of nitrogens with zero attached hydrogens (tertiary/aromatic N) is 4. The van der Waals surface area contributed by atoms with Crippen LogP contribution in [0.1, 0.15) is 28.1 Å². The fourth-order valence-electron chi connectivity index (χ4n) is 1.63. The third kappa shape index (κ3) is 12.3. The molecule has 0 aliphatic carbocycles. The molecule has 0 fully saturated rings. The van der Waals surface area contributed by atoms with Gasteiger partial charge in [0.05, 0.1) is 38.5 Å². The minimum absolute atomic E-state index is 0. The summed E-state index contributed by atoms with van der Waals surface area (Å²) in [6.45, 7) is 13.5. The van der Waals surface area contributed by atoms with Crippen LogP contribution in [0.3, 0.4) is 0 Å². The van der Waals surface area contributed by atoms with Crippen LogP contribution in [-0.4, -0.2) is 36.3 Å². The smallest absolute Gasteiger partial charge is 0.339 e. The number of pyridine rings is 2. The first-order valence-electron chi connectivity index (χ1n) is 7.38. The van der Waals surface area contributed by atoms with E-state index in [1.807, 2.05) is 0 Å². The third-order valence-electron chi connectivity index (χ3n) is 2.83. The normalized spacial score (nSPS) is 9.12. The number of methoxy groups -OCH3 is 2. The van der Waals surface area contributed by atoms with Crippen molar-refractivity contribution in [3.63, 3.8) is 0 Å². The zero-order valence-electron chi connectivity index (χ0n) is 15.6. The van der Waals surface area contributed by atoms with E-state index in [4.69, 9.17) is 30.0 Å². The van der Waals surface area contributed by atoms with Gasteiger partial charge in [-0.1, -0.05) is 19.0 Å². The van der Waals surface area contributed by atoms with E-state index in [2.05, 4.69) is 57.9 Å². The lowest BCUT2D eigenvalue weighted by molar-refractivity contribution is -0.904. The summed E-state index contributed by atoms with van der Waals surface area (Å²) in [5.41, 5.74) is 0.466. The number of ether oxygens (including phenoxy) is 2. The largest absolute Gasteiger partial charge is 0.466 e. The van der Waals surface area contributed by atoms with Crippen LogP contribution in [0.5, 0.6) is 0 Å². The first-order chi connectivity index (χ1) is 14.4. The molecule has 0 saturated heterocycles. The van der Waals surface area contributed by atoms with E-state index < -0.39 is 17.1 Å². The van der Waals surface area contributed by atoms with Crippen molar-refractivity contribution in [3.05, 3.63) is 69.8 Å². The molecule has 0 saturated carbocycles. The van der Waals surface area contributed by atoms with E-state index in [0.29, 0.717) is 4.73 Å². The van der Waals surface area contributed by atoms with Crippen molar-refractivity contribution >= 4 is 73.8 Å². The van der Waals surface area contributed by atoms with Gasteiger partial charge in [-0.3, -0.25) is 14.8 Å². The zero-order valence-corrected chi connectivity index (χ0v) is 19.5. The molecule has 0 amide bonds. The molecule has 172 valence electrons. The summed E-state index contributed by atoms with van der Waals surface area (Å²) in [4.78, 5) is 32.0. The summed E-state index contributed by atoms with van der Waals surface area (Å²) in [7, 11) is 2.47. The minimum atomic E-state index is -3.22. The molecular weight excluding hydrogens is 529 g/mol. The van der Waals surface area contributed by atoms with Crippen molar-refractivity contribution in [2.75, 3.05) is 14.2 Å². The van der Waals surface area contributed by atoms with E-state index in [1.54, 1.807) is 0 Å². The van der Waals surface area contributed by atoms with Crippen LogP contribution < -0.4 is 4.73 Å². The van der Waals surface area contributed by atoms with E-state index in [1.165, 1.54) is 38.7 Å². The van der Waals surface area contributed by atoms with Gasteiger partial charge in [0.1, 0.15) is 5.15 Å². The monoisotopic (exact) mass is 543 g/mol. The molecule has 0 aromatic carbocycles. The summed E-state index contributed by atoms with van der Waals surface area (Å²) in [6.07, 6.45) is 3.63. The van der Waals surface area contributed by atoms with Gasteiger partial charge in [0, 0.05) is 12.3 Å². The number of carbonyl (C=O) groups excluding carboxylic acids is 2. The van der Waals surface area contributed by atoms with Gasteiger partial charge in [-0.15, -0.1) is 0 Å². The number of hydrogen-bond acceptors (Lipinski definition) is 7. The van der Waals surface area contributed by atoms with E-state index in [0.717, 1.165) is 6.20 Å². The molecule has 10 nitrogen and oxygen atoms in total. The van der Waals surface area contributed by atoms with Gasteiger partial charge in [-0.05, 0) is 44.5 Å². The van der Waals surface area contributed by atoms with Gasteiger partial charge in [-0.25, -0.2) is 19.3 Å². The highest BCUT2D eigenvalue weighted by Crippen LogP contribution is 2.61. The van der Waals surface area contributed by atoms with Crippen LogP contribution in [-0.2, 0) is 14.0 Å². The van der Waals surface area contributed by atoms with Gasteiger partial charge in [-0.2, -0.15) is 0 Å². The van der Waals surface area contributed by atoms with E-state index in [9.17, 15) is 14.2 Å². The Morgan fingerprint density at radius 1 is 1.09 bits per heavy atom.